The lowest BCUT2D eigenvalue weighted by Gasteiger charge is -2.19. The van der Waals surface area contributed by atoms with E-state index in [0.29, 0.717) is 4.90 Å². The molecular formula is C27H32N2O3S. The molecule has 1 unspecified atom stereocenters. The van der Waals surface area contributed by atoms with E-state index in [4.69, 9.17) is 4.74 Å². The lowest BCUT2D eigenvalue weighted by Crippen LogP contribution is -2.24. The second kappa shape index (κ2) is 10.9. The third-order valence-corrected chi connectivity index (χ3v) is 7.10. The maximum absolute atomic E-state index is 11.7. The molecule has 0 spiro atoms. The van der Waals surface area contributed by atoms with Crippen molar-refractivity contribution in [2.45, 2.75) is 36.8 Å². The number of sulfone groups is 1. The minimum Gasteiger partial charge on any atom is -0.489 e. The van der Waals surface area contributed by atoms with E-state index in [9.17, 15) is 8.42 Å². The van der Waals surface area contributed by atoms with Gasteiger partial charge in [-0.15, -0.1) is 0 Å². The monoisotopic (exact) mass is 464 g/mol. The normalized spacial score (nSPS) is 16.2. The summed E-state index contributed by atoms with van der Waals surface area (Å²) in [5.41, 5.74) is 3.63. The highest BCUT2D eigenvalue weighted by atomic mass is 32.2. The molecule has 33 heavy (non-hydrogen) atoms. The van der Waals surface area contributed by atoms with Gasteiger partial charge >= 0.3 is 0 Å². The Balaban J connectivity index is 1.23. The number of hydrogen-bond donors (Lipinski definition) is 1. The van der Waals surface area contributed by atoms with Crippen LogP contribution >= 0.6 is 0 Å². The van der Waals surface area contributed by atoms with E-state index in [1.165, 1.54) is 17.4 Å². The molecule has 0 radical (unpaired) electrons. The van der Waals surface area contributed by atoms with Crippen LogP contribution in [0.15, 0.2) is 83.8 Å². The van der Waals surface area contributed by atoms with Crippen LogP contribution < -0.4 is 15.0 Å². The molecule has 1 atom stereocenters. The summed E-state index contributed by atoms with van der Waals surface area (Å²) in [6.07, 6.45) is 4.40. The molecular weight excluding hydrogens is 432 g/mol. The van der Waals surface area contributed by atoms with Gasteiger partial charge in [0, 0.05) is 31.5 Å². The molecule has 1 fully saturated rings. The topological polar surface area (TPSA) is 58.6 Å². The molecule has 5 nitrogen and oxygen atoms in total. The van der Waals surface area contributed by atoms with E-state index in [-0.39, 0.29) is 6.10 Å². The van der Waals surface area contributed by atoms with Crippen molar-refractivity contribution in [3.8, 4) is 5.75 Å². The maximum Gasteiger partial charge on any atom is 0.175 e. The zero-order chi connectivity index (χ0) is 23.1. The summed E-state index contributed by atoms with van der Waals surface area (Å²) in [6.45, 7) is 3.58. The van der Waals surface area contributed by atoms with Gasteiger partial charge in [-0.1, -0.05) is 42.5 Å². The molecule has 174 valence electrons. The summed E-state index contributed by atoms with van der Waals surface area (Å²) in [6, 6.07) is 26.0. The van der Waals surface area contributed by atoms with Crippen molar-refractivity contribution in [1.29, 1.82) is 0 Å². The minimum absolute atomic E-state index is 0.127. The summed E-state index contributed by atoms with van der Waals surface area (Å²) in [5.74, 6) is 0.920. The van der Waals surface area contributed by atoms with Crippen molar-refractivity contribution in [2.24, 2.45) is 0 Å². The Morgan fingerprint density at radius 3 is 2.48 bits per heavy atom. The van der Waals surface area contributed by atoms with Crippen LogP contribution in [0.3, 0.4) is 0 Å². The summed E-state index contributed by atoms with van der Waals surface area (Å²) in [5, 5.41) is 3.51. The Labute approximate surface area is 197 Å². The van der Waals surface area contributed by atoms with Crippen molar-refractivity contribution < 1.29 is 13.2 Å². The van der Waals surface area contributed by atoms with Gasteiger partial charge in [0.25, 0.3) is 0 Å². The van der Waals surface area contributed by atoms with Gasteiger partial charge in [-0.05, 0) is 66.9 Å². The SMILES string of the molecule is CS(=O)(=O)c1ccc(N2CCC(Oc3cccc(CCCNCc4ccccc4)c3)C2)cc1. The number of benzene rings is 3. The second-order valence-electron chi connectivity index (χ2n) is 8.65. The number of rotatable bonds is 10. The number of nitrogens with zero attached hydrogens (tertiary/aromatic N) is 1. The molecule has 1 N–H and O–H groups in total. The first-order valence-electron chi connectivity index (χ1n) is 11.5. The highest BCUT2D eigenvalue weighted by molar-refractivity contribution is 7.90. The van der Waals surface area contributed by atoms with Gasteiger partial charge in [-0.25, -0.2) is 8.42 Å². The van der Waals surface area contributed by atoms with Gasteiger partial charge in [-0.3, -0.25) is 0 Å². The number of aryl methyl sites for hydroxylation is 1. The standard InChI is InChI=1S/C27H32N2O3S/c1-33(30,31)27-14-12-24(13-15-27)29-18-16-26(21-29)32-25-11-5-9-22(19-25)10-6-17-28-20-23-7-3-2-4-8-23/h2-5,7-9,11-15,19,26,28H,6,10,16-18,20-21H2,1H3. The number of anilines is 1. The average molecular weight is 465 g/mol. The van der Waals surface area contributed by atoms with Crippen molar-refractivity contribution >= 4 is 15.5 Å². The van der Waals surface area contributed by atoms with Gasteiger partial charge in [0.1, 0.15) is 11.9 Å². The van der Waals surface area contributed by atoms with Crippen molar-refractivity contribution in [2.75, 3.05) is 30.8 Å². The molecule has 3 aromatic rings. The highest BCUT2D eigenvalue weighted by Crippen LogP contribution is 2.25. The largest absolute Gasteiger partial charge is 0.489 e. The van der Waals surface area contributed by atoms with E-state index in [1.807, 2.05) is 24.3 Å². The van der Waals surface area contributed by atoms with E-state index in [1.54, 1.807) is 12.1 Å². The molecule has 1 aliphatic heterocycles. The fraction of sp³-hybridized carbons (Fsp3) is 0.333. The summed E-state index contributed by atoms with van der Waals surface area (Å²) < 4.78 is 29.6. The molecule has 0 bridgehead atoms. The predicted octanol–water partition coefficient (Wildman–Crippen LogP) is 4.47. The van der Waals surface area contributed by atoms with Crippen LogP contribution in [0.25, 0.3) is 0 Å². The first-order chi connectivity index (χ1) is 16.0. The summed E-state index contributed by atoms with van der Waals surface area (Å²) in [7, 11) is -3.17. The Morgan fingerprint density at radius 1 is 0.970 bits per heavy atom. The fourth-order valence-electron chi connectivity index (χ4n) is 4.18. The molecule has 0 aliphatic carbocycles. The van der Waals surface area contributed by atoms with Crippen molar-refractivity contribution in [1.82, 2.24) is 5.32 Å². The first-order valence-corrected chi connectivity index (χ1v) is 13.4. The van der Waals surface area contributed by atoms with Gasteiger partial charge in [-0.2, -0.15) is 0 Å². The van der Waals surface area contributed by atoms with Crippen LogP contribution in [0.2, 0.25) is 0 Å². The lowest BCUT2D eigenvalue weighted by molar-refractivity contribution is 0.225. The minimum atomic E-state index is -3.17. The van der Waals surface area contributed by atoms with Gasteiger partial charge < -0.3 is 15.0 Å². The molecule has 0 saturated carbocycles. The highest BCUT2D eigenvalue weighted by Gasteiger charge is 2.24. The van der Waals surface area contributed by atoms with Crippen LogP contribution in [0.4, 0.5) is 5.69 Å². The first kappa shape index (κ1) is 23.3. The predicted molar refractivity (Wildman–Crippen MR) is 134 cm³/mol. The van der Waals surface area contributed by atoms with E-state index in [2.05, 4.69) is 52.7 Å². The fourth-order valence-corrected chi connectivity index (χ4v) is 4.81. The third kappa shape index (κ3) is 6.83. The molecule has 4 rings (SSSR count). The van der Waals surface area contributed by atoms with Crippen LogP contribution in [0.1, 0.15) is 24.0 Å². The van der Waals surface area contributed by atoms with Crippen molar-refractivity contribution in [3.63, 3.8) is 0 Å². The number of nitrogens with one attached hydrogen (secondary N) is 1. The smallest absolute Gasteiger partial charge is 0.175 e. The maximum atomic E-state index is 11.7. The molecule has 0 amide bonds. The third-order valence-electron chi connectivity index (χ3n) is 5.97. The Hall–Kier alpha value is -2.83. The zero-order valence-electron chi connectivity index (χ0n) is 19.1. The quantitative estimate of drug-likeness (QED) is 0.449. The van der Waals surface area contributed by atoms with Gasteiger partial charge in [0.05, 0.1) is 11.4 Å². The second-order valence-corrected chi connectivity index (χ2v) is 10.7. The van der Waals surface area contributed by atoms with E-state index < -0.39 is 9.84 Å². The molecule has 1 heterocycles. The van der Waals surface area contributed by atoms with Gasteiger partial charge in [0.2, 0.25) is 0 Å². The van der Waals surface area contributed by atoms with Crippen molar-refractivity contribution in [3.05, 3.63) is 90.0 Å². The zero-order valence-corrected chi connectivity index (χ0v) is 19.9. The van der Waals surface area contributed by atoms with E-state index >= 15 is 0 Å². The summed E-state index contributed by atoms with van der Waals surface area (Å²) >= 11 is 0. The Kier molecular flexibility index (Phi) is 7.68. The van der Waals surface area contributed by atoms with Crippen LogP contribution in [0, 0.1) is 0 Å². The molecule has 1 saturated heterocycles. The molecule has 3 aromatic carbocycles. The Morgan fingerprint density at radius 2 is 1.73 bits per heavy atom. The number of ether oxygens (including phenoxy) is 1. The lowest BCUT2D eigenvalue weighted by atomic mass is 10.1. The Bertz CT molecular complexity index is 1130. The number of hydrogen-bond acceptors (Lipinski definition) is 5. The van der Waals surface area contributed by atoms with Crippen LogP contribution in [0.5, 0.6) is 5.75 Å². The molecule has 0 aromatic heterocycles. The molecule has 1 aliphatic rings. The van der Waals surface area contributed by atoms with Crippen LogP contribution in [-0.2, 0) is 22.8 Å². The summed E-state index contributed by atoms with van der Waals surface area (Å²) in [4.78, 5) is 2.60. The van der Waals surface area contributed by atoms with Gasteiger partial charge in [0.15, 0.2) is 9.84 Å². The average Bonchev–Trinajstić information content (AvgIpc) is 3.28. The van der Waals surface area contributed by atoms with E-state index in [0.717, 1.165) is 56.9 Å². The van der Waals surface area contributed by atoms with Crippen LogP contribution in [-0.4, -0.2) is 40.4 Å². The molecule has 6 heteroatoms.